The SMILES string of the molecule is CCOC(=O)Nc1nc(C)co1. The highest BCUT2D eigenvalue weighted by Crippen LogP contribution is 2.05. The number of rotatable bonds is 2. The van der Waals surface area contributed by atoms with Crippen LogP contribution in [0.3, 0.4) is 0 Å². The third kappa shape index (κ3) is 2.26. The molecule has 66 valence electrons. The Labute approximate surface area is 69.7 Å². The molecule has 0 aliphatic carbocycles. The zero-order valence-electron chi connectivity index (χ0n) is 6.96. The van der Waals surface area contributed by atoms with E-state index in [1.54, 1.807) is 13.8 Å². The molecule has 1 aromatic heterocycles. The van der Waals surface area contributed by atoms with E-state index >= 15 is 0 Å². The summed E-state index contributed by atoms with van der Waals surface area (Å²) in [7, 11) is 0. The van der Waals surface area contributed by atoms with Crippen LogP contribution in [0.5, 0.6) is 0 Å². The Hall–Kier alpha value is -1.52. The van der Waals surface area contributed by atoms with E-state index in [1.807, 2.05) is 0 Å². The molecule has 0 aliphatic rings. The molecule has 0 atom stereocenters. The standard InChI is InChI=1S/C7H10N2O3/c1-3-11-7(10)9-6-8-5(2)4-12-6/h4H,3H2,1-2H3,(H,8,9,10). The number of amides is 1. The van der Waals surface area contributed by atoms with Crippen molar-refractivity contribution in [1.29, 1.82) is 0 Å². The van der Waals surface area contributed by atoms with Crippen LogP contribution in [0.1, 0.15) is 12.6 Å². The minimum atomic E-state index is -0.556. The molecule has 1 heterocycles. The minimum absolute atomic E-state index is 0.158. The first-order chi connectivity index (χ1) is 5.72. The van der Waals surface area contributed by atoms with Crippen molar-refractivity contribution in [3.05, 3.63) is 12.0 Å². The molecule has 0 aliphatic heterocycles. The van der Waals surface area contributed by atoms with Crippen LogP contribution in [-0.4, -0.2) is 17.7 Å². The quantitative estimate of drug-likeness (QED) is 0.731. The molecule has 1 N–H and O–H groups in total. The fourth-order valence-corrected chi connectivity index (χ4v) is 0.666. The lowest BCUT2D eigenvalue weighted by atomic mass is 10.6. The Balaban J connectivity index is 2.46. The molecule has 12 heavy (non-hydrogen) atoms. The Morgan fingerprint density at radius 1 is 1.83 bits per heavy atom. The van der Waals surface area contributed by atoms with Gasteiger partial charge in [0.1, 0.15) is 6.26 Å². The second-order valence-corrected chi connectivity index (χ2v) is 2.14. The smallest absolute Gasteiger partial charge is 0.415 e. The maximum atomic E-state index is 10.8. The number of aromatic nitrogens is 1. The van der Waals surface area contributed by atoms with E-state index in [4.69, 9.17) is 4.42 Å². The highest BCUT2D eigenvalue weighted by atomic mass is 16.5. The van der Waals surface area contributed by atoms with E-state index in [0.29, 0.717) is 12.3 Å². The van der Waals surface area contributed by atoms with E-state index in [-0.39, 0.29) is 6.01 Å². The first-order valence-corrected chi connectivity index (χ1v) is 3.58. The zero-order chi connectivity index (χ0) is 8.97. The molecule has 0 bridgehead atoms. The Morgan fingerprint density at radius 3 is 3.08 bits per heavy atom. The second kappa shape index (κ2) is 3.75. The van der Waals surface area contributed by atoms with Crippen molar-refractivity contribution in [3.8, 4) is 0 Å². The predicted octanol–water partition coefficient (Wildman–Crippen LogP) is 1.55. The first-order valence-electron chi connectivity index (χ1n) is 3.58. The summed E-state index contributed by atoms with van der Waals surface area (Å²) in [6.07, 6.45) is 0.890. The number of carbonyl (C=O) groups excluding carboxylic acids is 1. The molecule has 0 radical (unpaired) electrons. The summed E-state index contributed by atoms with van der Waals surface area (Å²) >= 11 is 0. The number of aryl methyl sites for hydroxylation is 1. The van der Waals surface area contributed by atoms with Crippen LogP contribution in [0.25, 0.3) is 0 Å². The van der Waals surface area contributed by atoms with Crippen molar-refractivity contribution in [2.75, 3.05) is 11.9 Å². The number of oxazole rings is 1. The molecule has 0 aromatic carbocycles. The lowest BCUT2D eigenvalue weighted by Gasteiger charge is -1.98. The summed E-state index contributed by atoms with van der Waals surface area (Å²) < 4.78 is 9.46. The number of anilines is 1. The number of carbonyl (C=O) groups is 1. The largest absolute Gasteiger partial charge is 0.450 e. The van der Waals surface area contributed by atoms with Gasteiger partial charge in [0.05, 0.1) is 12.3 Å². The number of hydrogen-bond donors (Lipinski definition) is 1. The summed E-state index contributed by atoms with van der Waals surface area (Å²) in [5.74, 6) is 0. The van der Waals surface area contributed by atoms with E-state index in [9.17, 15) is 4.79 Å². The van der Waals surface area contributed by atoms with Crippen LogP contribution in [-0.2, 0) is 4.74 Å². The molecule has 5 nitrogen and oxygen atoms in total. The molecule has 5 heteroatoms. The predicted molar refractivity (Wildman–Crippen MR) is 41.9 cm³/mol. The Morgan fingerprint density at radius 2 is 2.58 bits per heavy atom. The van der Waals surface area contributed by atoms with E-state index in [2.05, 4.69) is 15.0 Å². The van der Waals surface area contributed by atoms with Gasteiger partial charge in [-0.2, -0.15) is 4.98 Å². The van der Waals surface area contributed by atoms with Gasteiger partial charge >= 0.3 is 12.1 Å². The van der Waals surface area contributed by atoms with Gasteiger partial charge in [0, 0.05) is 0 Å². The van der Waals surface area contributed by atoms with Crippen molar-refractivity contribution < 1.29 is 13.9 Å². The maximum Gasteiger partial charge on any atom is 0.415 e. The number of nitrogens with zero attached hydrogens (tertiary/aromatic N) is 1. The van der Waals surface area contributed by atoms with Gasteiger partial charge in [0.15, 0.2) is 0 Å². The fraction of sp³-hybridized carbons (Fsp3) is 0.429. The molecule has 0 fully saturated rings. The molecular weight excluding hydrogens is 160 g/mol. The van der Waals surface area contributed by atoms with Gasteiger partial charge < -0.3 is 9.15 Å². The number of hydrogen-bond acceptors (Lipinski definition) is 4. The highest BCUT2D eigenvalue weighted by Gasteiger charge is 2.05. The molecule has 1 rings (SSSR count). The summed E-state index contributed by atoms with van der Waals surface area (Å²) in [6, 6.07) is 0.158. The average Bonchev–Trinajstić information content (AvgIpc) is 2.36. The number of ether oxygens (including phenoxy) is 1. The van der Waals surface area contributed by atoms with Gasteiger partial charge in [-0.05, 0) is 13.8 Å². The van der Waals surface area contributed by atoms with Crippen molar-refractivity contribution in [1.82, 2.24) is 4.98 Å². The third-order valence-electron chi connectivity index (χ3n) is 1.10. The fourth-order valence-electron chi connectivity index (χ4n) is 0.666. The number of nitrogens with one attached hydrogen (secondary N) is 1. The summed E-state index contributed by atoms with van der Waals surface area (Å²) in [6.45, 7) is 3.81. The molecule has 0 saturated heterocycles. The van der Waals surface area contributed by atoms with Crippen LogP contribution < -0.4 is 5.32 Å². The zero-order valence-corrected chi connectivity index (χ0v) is 6.96. The van der Waals surface area contributed by atoms with Crippen LogP contribution >= 0.6 is 0 Å². The topological polar surface area (TPSA) is 64.4 Å². The molecule has 0 unspecified atom stereocenters. The summed E-state index contributed by atoms with van der Waals surface area (Å²) in [4.78, 5) is 14.6. The van der Waals surface area contributed by atoms with Crippen molar-refractivity contribution in [2.45, 2.75) is 13.8 Å². The van der Waals surface area contributed by atoms with Crippen molar-refractivity contribution in [3.63, 3.8) is 0 Å². The van der Waals surface area contributed by atoms with Gasteiger partial charge in [-0.3, -0.25) is 0 Å². The molecule has 1 amide bonds. The summed E-state index contributed by atoms with van der Waals surface area (Å²) in [5.41, 5.74) is 0.710. The van der Waals surface area contributed by atoms with Crippen LogP contribution in [0.15, 0.2) is 10.7 Å². The third-order valence-corrected chi connectivity index (χ3v) is 1.10. The maximum absolute atomic E-state index is 10.8. The van der Waals surface area contributed by atoms with Crippen LogP contribution in [0.2, 0.25) is 0 Å². The van der Waals surface area contributed by atoms with Gasteiger partial charge in [0.25, 0.3) is 0 Å². The van der Waals surface area contributed by atoms with Crippen LogP contribution in [0, 0.1) is 6.92 Å². The van der Waals surface area contributed by atoms with Gasteiger partial charge in [-0.1, -0.05) is 0 Å². The molecule has 0 spiro atoms. The molecule has 1 aromatic rings. The van der Waals surface area contributed by atoms with Crippen LogP contribution in [0.4, 0.5) is 10.8 Å². The normalized spacial score (nSPS) is 9.50. The Bertz CT molecular complexity index is 269. The average molecular weight is 170 g/mol. The second-order valence-electron chi connectivity index (χ2n) is 2.14. The van der Waals surface area contributed by atoms with Crippen molar-refractivity contribution in [2.24, 2.45) is 0 Å². The lowest BCUT2D eigenvalue weighted by molar-refractivity contribution is 0.167. The van der Waals surface area contributed by atoms with E-state index in [1.165, 1.54) is 6.26 Å². The summed E-state index contributed by atoms with van der Waals surface area (Å²) in [5, 5.41) is 2.32. The minimum Gasteiger partial charge on any atom is -0.450 e. The van der Waals surface area contributed by atoms with Gasteiger partial charge in [-0.15, -0.1) is 0 Å². The van der Waals surface area contributed by atoms with E-state index in [0.717, 1.165) is 0 Å². The highest BCUT2D eigenvalue weighted by molar-refractivity contribution is 5.81. The van der Waals surface area contributed by atoms with E-state index < -0.39 is 6.09 Å². The van der Waals surface area contributed by atoms with Gasteiger partial charge in [0.2, 0.25) is 0 Å². The first kappa shape index (κ1) is 8.58. The molecular formula is C7H10N2O3. The van der Waals surface area contributed by atoms with Gasteiger partial charge in [-0.25, -0.2) is 10.1 Å². The monoisotopic (exact) mass is 170 g/mol. The van der Waals surface area contributed by atoms with Crippen molar-refractivity contribution >= 4 is 12.1 Å². The Kier molecular flexibility index (Phi) is 2.68. The molecule has 0 saturated carbocycles. The lowest BCUT2D eigenvalue weighted by Crippen LogP contribution is -2.13.